The van der Waals surface area contributed by atoms with E-state index in [1.54, 1.807) is 18.7 Å². The van der Waals surface area contributed by atoms with Crippen LogP contribution in [0.5, 0.6) is 0 Å². The van der Waals surface area contributed by atoms with E-state index < -0.39 is 0 Å². The first-order chi connectivity index (χ1) is 5.88. The Morgan fingerprint density at radius 3 is 2.92 bits per heavy atom. The number of hydrogen-bond acceptors (Lipinski definition) is 3. The van der Waals surface area contributed by atoms with Crippen molar-refractivity contribution in [1.82, 2.24) is 10.1 Å². The third-order valence-corrected chi connectivity index (χ3v) is 1.68. The molecule has 0 bridgehead atoms. The Kier molecular flexibility index (Phi) is 1.63. The van der Waals surface area contributed by atoms with Crippen molar-refractivity contribution in [3.63, 3.8) is 0 Å². The van der Waals surface area contributed by atoms with Crippen molar-refractivity contribution in [2.75, 3.05) is 0 Å². The van der Waals surface area contributed by atoms with Crippen LogP contribution in [-0.4, -0.2) is 10.1 Å². The van der Waals surface area contributed by atoms with Crippen LogP contribution in [0.3, 0.4) is 0 Å². The van der Waals surface area contributed by atoms with E-state index in [4.69, 9.17) is 4.52 Å². The van der Waals surface area contributed by atoms with Gasteiger partial charge in [0.2, 0.25) is 0 Å². The summed E-state index contributed by atoms with van der Waals surface area (Å²) in [4.78, 5) is 4.00. The lowest BCUT2D eigenvalue weighted by atomic mass is 10.1. The van der Waals surface area contributed by atoms with Gasteiger partial charge >= 0.3 is 0 Å². The lowest BCUT2D eigenvalue weighted by Crippen LogP contribution is -1.80. The fourth-order valence-electron chi connectivity index (χ4n) is 1.07. The predicted octanol–water partition coefficient (Wildman–Crippen LogP) is 2.05. The molecule has 0 aliphatic rings. The SMILES string of the molecule is Cc1conc1-c1cccnc1. The van der Waals surface area contributed by atoms with Crippen LogP contribution < -0.4 is 0 Å². The van der Waals surface area contributed by atoms with Gasteiger partial charge in [-0.3, -0.25) is 4.98 Å². The smallest absolute Gasteiger partial charge is 0.127 e. The third-order valence-electron chi connectivity index (χ3n) is 1.68. The van der Waals surface area contributed by atoms with Gasteiger partial charge in [0.25, 0.3) is 0 Å². The summed E-state index contributed by atoms with van der Waals surface area (Å²) >= 11 is 0. The third kappa shape index (κ3) is 1.09. The van der Waals surface area contributed by atoms with Crippen LogP contribution in [0.15, 0.2) is 35.3 Å². The highest BCUT2D eigenvalue weighted by molar-refractivity contribution is 5.60. The molecule has 12 heavy (non-hydrogen) atoms. The molecule has 0 aliphatic carbocycles. The highest BCUT2D eigenvalue weighted by Crippen LogP contribution is 2.19. The van der Waals surface area contributed by atoms with Crippen molar-refractivity contribution < 1.29 is 4.52 Å². The maximum atomic E-state index is 4.82. The summed E-state index contributed by atoms with van der Waals surface area (Å²) in [6.45, 7) is 1.96. The fraction of sp³-hybridized carbons (Fsp3) is 0.111. The molecule has 2 heterocycles. The first-order valence-electron chi connectivity index (χ1n) is 3.69. The number of aromatic nitrogens is 2. The number of rotatable bonds is 1. The van der Waals surface area contributed by atoms with E-state index in [-0.39, 0.29) is 0 Å². The molecule has 0 saturated heterocycles. The first-order valence-corrected chi connectivity index (χ1v) is 3.69. The van der Waals surface area contributed by atoms with Crippen LogP contribution in [0, 0.1) is 6.92 Å². The van der Waals surface area contributed by atoms with Gasteiger partial charge in [0.1, 0.15) is 12.0 Å². The highest BCUT2D eigenvalue weighted by atomic mass is 16.5. The molecule has 0 aromatic carbocycles. The van der Waals surface area contributed by atoms with Gasteiger partial charge in [0.15, 0.2) is 0 Å². The second-order valence-corrected chi connectivity index (χ2v) is 2.59. The molecule has 0 amide bonds. The lowest BCUT2D eigenvalue weighted by molar-refractivity contribution is 0.421. The molecular weight excluding hydrogens is 152 g/mol. The summed E-state index contributed by atoms with van der Waals surface area (Å²) in [5.41, 5.74) is 2.88. The largest absolute Gasteiger partial charge is 0.364 e. The summed E-state index contributed by atoms with van der Waals surface area (Å²) in [6, 6.07) is 3.83. The average Bonchev–Trinajstić information content (AvgIpc) is 2.53. The van der Waals surface area contributed by atoms with Crippen molar-refractivity contribution in [3.05, 3.63) is 36.4 Å². The second kappa shape index (κ2) is 2.77. The standard InChI is InChI=1S/C9H8N2O/c1-7-6-12-11-9(7)8-3-2-4-10-5-8/h2-6H,1H3. The van der Waals surface area contributed by atoms with Gasteiger partial charge in [0.05, 0.1) is 0 Å². The quantitative estimate of drug-likeness (QED) is 0.640. The van der Waals surface area contributed by atoms with E-state index in [1.165, 1.54) is 0 Å². The molecule has 3 nitrogen and oxygen atoms in total. The molecule has 3 heteroatoms. The van der Waals surface area contributed by atoms with Crippen LogP contribution in [0.2, 0.25) is 0 Å². The molecule has 2 aromatic rings. The molecule has 0 N–H and O–H groups in total. The maximum Gasteiger partial charge on any atom is 0.127 e. The molecule has 2 aromatic heterocycles. The van der Waals surface area contributed by atoms with Crippen molar-refractivity contribution in [3.8, 4) is 11.3 Å². The highest BCUT2D eigenvalue weighted by Gasteiger charge is 2.04. The van der Waals surface area contributed by atoms with Gasteiger partial charge in [-0.25, -0.2) is 0 Å². The number of aryl methyl sites for hydroxylation is 1. The van der Waals surface area contributed by atoms with Crippen molar-refractivity contribution >= 4 is 0 Å². The Hall–Kier alpha value is -1.64. The van der Waals surface area contributed by atoms with Crippen molar-refractivity contribution in [2.45, 2.75) is 6.92 Å². The minimum Gasteiger partial charge on any atom is -0.364 e. The minimum atomic E-state index is 0.864. The van der Waals surface area contributed by atoms with Crippen molar-refractivity contribution in [2.24, 2.45) is 0 Å². The minimum absolute atomic E-state index is 0.864. The van der Waals surface area contributed by atoms with Gasteiger partial charge in [0, 0.05) is 23.5 Å². The first kappa shape index (κ1) is 7.03. The summed E-state index contributed by atoms with van der Waals surface area (Å²) in [7, 11) is 0. The van der Waals surface area contributed by atoms with Gasteiger partial charge in [-0.2, -0.15) is 0 Å². The lowest BCUT2D eigenvalue weighted by Gasteiger charge is -1.93. The Labute approximate surface area is 70.0 Å². The number of hydrogen-bond donors (Lipinski definition) is 0. The molecule has 0 saturated carbocycles. The summed E-state index contributed by atoms with van der Waals surface area (Å²) in [5.74, 6) is 0. The Bertz CT molecular complexity index is 367. The Balaban J connectivity index is 2.51. The molecule has 2 rings (SSSR count). The number of pyridine rings is 1. The molecule has 0 radical (unpaired) electrons. The summed E-state index contributed by atoms with van der Waals surface area (Å²) in [5, 5.41) is 3.87. The van der Waals surface area contributed by atoms with Gasteiger partial charge in [-0.15, -0.1) is 0 Å². The fourth-order valence-corrected chi connectivity index (χ4v) is 1.07. The molecular formula is C9H8N2O. The maximum absolute atomic E-state index is 4.82. The van der Waals surface area contributed by atoms with E-state index in [0.717, 1.165) is 16.8 Å². The second-order valence-electron chi connectivity index (χ2n) is 2.59. The monoisotopic (exact) mass is 160 g/mol. The zero-order valence-electron chi connectivity index (χ0n) is 6.69. The summed E-state index contributed by atoms with van der Waals surface area (Å²) in [6.07, 6.45) is 5.13. The van der Waals surface area contributed by atoms with Crippen LogP contribution in [-0.2, 0) is 0 Å². The van der Waals surface area contributed by atoms with Crippen LogP contribution >= 0.6 is 0 Å². The number of nitrogens with zero attached hydrogens (tertiary/aromatic N) is 2. The molecule has 0 aliphatic heterocycles. The van der Waals surface area contributed by atoms with E-state index in [2.05, 4.69) is 10.1 Å². The van der Waals surface area contributed by atoms with Crippen molar-refractivity contribution in [1.29, 1.82) is 0 Å². The zero-order valence-corrected chi connectivity index (χ0v) is 6.69. The average molecular weight is 160 g/mol. The van der Waals surface area contributed by atoms with E-state index >= 15 is 0 Å². The predicted molar refractivity (Wildman–Crippen MR) is 44.5 cm³/mol. The van der Waals surface area contributed by atoms with Crippen LogP contribution in [0.4, 0.5) is 0 Å². The van der Waals surface area contributed by atoms with Gasteiger partial charge < -0.3 is 4.52 Å². The van der Waals surface area contributed by atoms with Gasteiger partial charge in [-0.05, 0) is 19.1 Å². The molecule has 0 unspecified atom stereocenters. The van der Waals surface area contributed by atoms with Crippen LogP contribution in [0.25, 0.3) is 11.3 Å². The van der Waals surface area contributed by atoms with E-state index in [9.17, 15) is 0 Å². The van der Waals surface area contributed by atoms with Crippen LogP contribution in [0.1, 0.15) is 5.56 Å². The topological polar surface area (TPSA) is 38.9 Å². The normalized spacial score (nSPS) is 10.1. The molecule has 0 fully saturated rings. The van der Waals surface area contributed by atoms with Gasteiger partial charge in [-0.1, -0.05) is 5.16 Å². The zero-order chi connectivity index (χ0) is 8.39. The Morgan fingerprint density at radius 2 is 2.33 bits per heavy atom. The molecule has 0 atom stereocenters. The molecule has 0 spiro atoms. The summed E-state index contributed by atoms with van der Waals surface area (Å²) < 4.78 is 4.82. The van der Waals surface area contributed by atoms with E-state index in [0.29, 0.717) is 0 Å². The molecule has 60 valence electrons. The Morgan fingerprint density at radius 1 is 1.42 bits per heavy atom. The van der Waals surface area contributed by atoms with E-state index in [1.807, 2.05) is 19.1 Å².